The summed E-state index contributed by atoms with van der Waals surface area (Å²) in [7, 11) is 0. The summed E-state index contributed by atoms with van der Waals surface area (Å²) in [4.78, 5) is 16.4. The summed E-state index contributed by atoms with van der Waals surface area (Å²) in [5.41, 5.74) is 0. The molecule has 92 valence electrons. The highest BCUT2D eigenvalue weighted by molar-refractivity contribution is 9.10. The number of carbonyl (C=O) groups excluding carboxylic acids is 1. The van der Waals surface area contributed by atoms with Crippen LogP contribution in [0.3, 0.4) is 0 Å². The second-order valence-corrected chi connectivity index (χ2v) is 6.39. The van der Waals surface area contributed by atoms with Gasteiger partial charge in [-0.05, 0) is 39.2 Å². The highest BCUT2D eigenvalue weighted by atomic mass is 79.9. The van der Waals surface area contributed by atoms with Crippen molar-refractivity contribution in [3.8, 4) is 0 Å². The fraction of sp³-hybridized carbons (Fsp3) is 0.917. The third kappa shape index (κ3) is 2.59. The van der Waals surface area contributed by atoms with Gasteiger partial charge >= 0.3 is 0 Å². The minimum absolute atomic E-state index is 0.0788. The van der Waals surface area contributed by atoms with Crippen LogP contribution in [0.1, 0.15) is 26.7 Å². The Bertz CT molecular complexity index is 270. The molecular weight excluding hydrogens is 268 g/mol. The van der Waals surface area contributed by atoms with Crippen molar-refractivity contribution in [2.45, 2.75) is 37.6 Å². The van der Waals surface area contributed by atoms with E-state index in [2.05, 4.69) is 34.7 Å². The van der Waals surface area contributed by atoms with Gasteiger partial charge in [-0.3, -0.25) is 4.79 Å². The maximum Gasteiger partial charge on any atom is 0.236 e. The van der Waals surface area contributed by atoms with E-state index < -0.39 is 0 Å². The molecular formula is C12H21BrN2O. The number of rotatable bonds is 3. The maximum absolute atomic E-state index is 11.8. The first-order chi connectivity index (χ1) is 7.58. The molecule has 16 heavy (non-hydrogen) atoms. The average molecular weight is 289 g/mol. The number of hydrogen-bond donors (Lipinski definition) is 0. The molecule has 2 unspecified atom stereocenters. The zero-order valence-electron chi connectivity index (χ0n) is 10.2. The van der Waals surface area contributed by atoms with E-state index in [0.29, 0.717) is 17.9 Å². The number of hydrogen-bond acceptors (Lipinski definition) is 2. The van der Waals surface area contributed by atoms with Crippen LogP contribution in [0.5, 0.6) is 0 Å². The molecule has 0 aromatic heterocycles. The lowest BCUT2D eigenvalue weighted by Crippen LogP contribution is -2.34. The first-order valence-electron chi connectivity index (χ1n) is 6.25. The lowest BCUT2D eigenvalue weighted by atomic mass is 10.1. The zero-order valence-corrected chi connectivity index (χ0v) is 11.7. The molecule has 0 N–H and O–H groups in total. The van der Waals surface area contributed by atoms with Crippen molar-refractivity contribution < 1.29 is 4.79 Å². The number of nitrogens with zero attached hydrogens (tertiary/aromatic N) is 2. The molecule has 0 aromatic carbocycles. The lowest BCUT2D eigenvalue weighted by molar-refractivity contribution is -0.127. The number of carbonyl (C=O) groups is 1. The van der Waals surface area contributed by atoms with Crippen LogP contribution < -0.4 is 0 Å². The monoisotopic (exact) mass is 288 g/mol. The molecule has 0 aliphatic carbocycles. The molecule has 2 aliphatic heterocycles. The van der Waals surface area contributed by atoms with Crippen LogP contribution in [-0.4, -0.2) is 52.8 Å². The Balaban J connectivity index is 1.81. The summed E-state index contributed by atoms with van der Waals surface area (Å²) in [6.45, 7) is 8.75. The van der Waals surface area contributed by atoms with Gasteiger partial charge in [-0.2, -0.15) is 0 Å². The van der Waals surface area contributed by atoms with Gasteiger partial charge in [0.1, 0.15) is 0 Å². The molecule has 3 nitrogen and oxygen atoms in total. The molecule has 0 aromatic rings. The Labute approximate surface area is 106 Å². The van der Waals surface area contributed by atoms with E-state index in [1.54, 1.807) is 0 Å². The van der Waals surface area contributed by atoms with Gasteiger partial charge in [0.05, 0.1) is 4.83 Å². The topological polar surface area (TPSA) is 23.6 Å². The van der Waals surface area contributed by atoms with Crippen molar-refractivity contribution >= 4 is 21.8 Å². The van der Waals surface area contributed by atoms with Crippen LogP contribution in [0.4, 0.5) is 0 Å². The van der Waals surface area contributed by atoms with Crippen molar-refractivity contribution in [2.75, 3.05) is 26.2 Å². The summed E-state index contributed by atoms with van der Waals surface area (Å²) in [6.07, 6.45) is 2.22. The van der Waals surface area contributed by atoms with Crippen molar-refractivity contribution in [3.05, 3.63) is 0 Å². The minimum Gasteiger partial charge on any atom is -0.341 e. The van der Waals surface area contributed by atoms with Gasteiger partial charge in [-0.15, -0.1) is 0 Å². The Morgan fingerprint density at radius 3 is 2.62 bits per heavy atom. The summed E-state index contributed by atoms with van der Waals surface area (Å²) in [5.74, 6) is 0.979. The standard InChI is InChI=1S/C12H21BrN2O/c1-9(2)14-5-3-10(7-14)8-15-6-4-11(13)12(15)16/h9-11H,3-8H2,1-2H3. The van der Waals surface area contributed by atoms with Crippen LogP contribution in [-0.2, 0) is 4.79 Å². The third-order valence-corrected chi connectivity index (χ3v) is 4.61. The van der Waals surface area contributed by atoms with E-state index in [1.807, 2.05) is 4.90 Å². The summed E-state index contributed by atoms with van der Waals surface area (Å²) in [5, 5.41) is 0. The van der Waals surface area contributed by atoms with Crippen LogP contribution >= 0.6 is 15.9 Å². The molecule has 4 heteroatoms. The zero-order chi connectivity index (χ0) is 11.7. The number of halogens is 1. The van der Waals surface area contributed by atoms with Gasteiger partial charge in [0, 0.05) is 25.7 Å². The van der Waals surface area contributed by atoms with Gasteiger partial charge in [-0.25, -0.2) is 0 Å². The molecule has 2 heterocycles. The quantitative estimate of drug-likeness (QED) is 0.739. The smallest absolute Gasteiger partial charge is 0.236 e. The van der Waals surface area contributed by atoms with Gasteiger partial charge in [0.15, 0.2) is 0 Å². The van der Waals surface area contributed by atoms with Crippen LogP contribution in [0.2, 0.25) is 0 Å². The van der Waals surface area contributed by atoms with Gasteiger partial charge in [0.2, 0.25) is 5.91 Å². The van der Waals surface area contributed by atoms with E-state index >= 15 is 0 Å². The van der Waals surface area contributed by atoms with E-state index in [0.717, 1.165) is 26.1 Å². The largest absolute Gasteiger partial charge is 0.341 e. The molecule has 2 rings (SSSR count). The van der Waals surface area contributed by atoms with Crippen LogP contribution in [0.15, 0.2) is 0 Å². The number of likely N-dealkylation sites (tertiary alicyclic amines) is 2. The van der Waals surface area contributed by atoms with Crippen molar-refractivity contribution in [1.29, 1.82) is 0 Å². The number of amides is 1. The summed E-state index contributed by atoms with van der Waals surface area (Å²) >= 11 is 3.43. The fourth-order valence-corrected chi connectivity index (χ4v) is 3.17. The average Bonchev–Trinajstić information content (AvgIpc) is 2.81. The molecule has 2 aliphatic rings. The van der Waals surface area contributed by atoms with E-state index in [-0.39, 0.29) is 4.83 Å². The van der Waals surface area contributed by atoms with Crippen LogP contribution in [0, 0.1) is 5.92 Å². The maximum atomic E-state index is 11.8. The van der Waals surface area contributed by atoms with E-state index in [9.17, 15) is 4.79 Å². The molecule has 2 saturated heterocycles. The molecule has 0 spiro atoms. The molecule has 0 saturated carbocycles. The van der Waals surface area contributed by atoms with Gasteiger partial charge in [-0.1, -0.05) is 15.9 Å². The second kappa shape index (κ2) is 5.05. The van der Waals surface area contributed by atoms with Gasteiger partial charge in [0.25, 0.3) is 0 Å². The van der Waals surface area contributed by atoms with Crippen molar-refractivity contribution in [2.24, 2.45) is 5.92 Å². The summed E-state index contributed by atoms with van der Waals surface area (Å²) in [6, 6.07) is 0.642. The molecule has 1 amide bonds. The fourth-order valence-electron chi connectivity index (χ4n) is 2.67. The normalized spacial score (nSPS) is 32.0. The highest BCUT2D eigenvalue weighted by Gasteiger charge is 2.33. The minimum atomic E-state index is 0.0788. The van der Waals surface area contributed by atoms with Gasteiger partial charge < -0.3 is 9.80 Å². The SMILES string of the molecule is CC(C)N1CCC(CN2CCC(Br)C2=O)C1. The predicted molar refractivity (Wildman–Crippen MR) is 68.7 cm³/mol. The Morgan fingerprint density at radius 2 is 2.12 bits per heavy atom. The van der Waals surface area contributed by atoms with E-state index in [1.165, 1.54) is 13.0 Å². The first kappa shape index (κ1) is 12.4. The third-order valence-electron chi connectivity index (χ3n) is 3.76. The molecule has 2 atom stereocenters. The Morgan fingerprint density at radius 1 is 1.38 bits per heavy atom. The van der Waals surface area contributed by atoms with Crippen molar-refractivity contribution in [1.82, 2.24) is 9.80 Å². The van der Waals surface area contributed by atoms with E-state index in [4.69, 9.17) is 0 Å². The second-order valence-electron chi connectivity index (χ2n) is 5.28. The predicted octanol–water partition coefficient (Wildman–Crippen LogP) is 1.71. The first-order valence-corrected chi connectivity index (χ1v) is 7.16. The lowest BCUT2D eigenvalue weighted by Gasteiger charge is -2.23. The van der Waals surface area contributed by atoms with Crippen LogP contribution in [0.25, 0.3) is 0 Å². The molecule has 0 radical (unpaired) electrons. The molecule has 0 bridgehead atoms. The number of alkyl halides is 1. The Hall–Kier alpha value is -0.0900. The highest BCUT2D eigenvalue weighted by Crippen LogP contribution is 2.24. The molecule has 2 fully saturated rings. The van der Waals surface area contributed by atoms with Crippen molar-refractivity contribution in [3.63, 3.8) is 0 Å². The Kier molecular flexibility index (Phi) is 3.90. The summed E-state index contributed by atoms with van der Waals surface area (Å²) < 4.78 is 0.